The van der Waals surface area contributed by atoms with Crippen LogP contribution in [0.25, 0.3) is 0 Å². The number of benzene rings is 1. The van der Waals surface area contributed by atoms with Gasteiger partial charge in [0.25, 0.3) is 0 Å². The van der Waals surface area contributed by atoms with Crippen LogP contribution in [0.5, 0.6) is 0 Å². The lowest BCUT2D eigenvalue weighted by atomic mass is 10.2. The molecule has 0 amide bonds. The predicted octanol–water partition coefficient (Wildman–Crippen LogP) is 4.61. The summed E-state index contributed by atoms with van der Waals surface area (Å²) in [7, 11) is 0. The third-order valence-corrected chi connectivity index (χ3v) is 2.18. The Bertz CT molecular complexity index is 426. The maximum absolute atomic E-state index is 12.2. The monoisotopic (exact) mass is 311 g/mol. The zero-order valence-electron chi connectivity index (χ0n) is 9.29. The third kappa shape index (κ3) is 4.20. The molecule has 1 aromatic carbocycles. The Morgan fingerprint density at radius 2 is 1.10 bits per heavy atom. The molecule has 1 rings (SSSR count). The number of nitrogens with one attached hydrogen (secondary N) is 1. The zero-order chi connectivity index (χ0) is 15.8. The van der Waals surface area contributed by atoms with Crippen LogP contribution in [0.4, 0.5) is 45.2 Å². The standard InChI is InChI=1S/C10H6F9N/c11-8(12,13)5-1-3-6(4-2-5)20-7(9(14,15)16)10(17,18)19/h1-4,7,20H. The van der Waals surface area contributed by atoms with E-state index >= 15 is 0 Å². The van der Waals surface area contributed by atoms with Gasteiger partial charge in [0.05, 0.1) is 5.56 Å². The van der Waals surface area contributed by atoms with E-state index in [1.165, 1.54) is 0 Å². The number of hydrogen-bond acceptors (Lipinski definition) is 1. The molecule has 1 N–H and O–H groups in total. The minimum atomic E-state index is -5.62. The van der Waals surface area contributed by atoms with E-state index in [1.807, 2.05) is 0 Å². The summed E-state index contributed by atoms with van der Waals surface area (Å²) in [6, 6.07) is -2.11. The second-order valence-corrected chi connectivity index (χ2v) is 3.74. The Kier molecular flexibility index (Phi) is 4.16. The van der Waals surface area contributed by atoms with Crippen molar-refractivity contribution in [1.82, 2.24) is 0 Å². The minimum absolute atomic E-state index is 0.381. The molecule has 0 spiro atoms. The lowest BCUT2D eigenvalue weighted by molar-refractivity contribution is -0.242. The fourth-order valence-electron chi connectivity index (χ4n) is 1.27. The summed E-state index contributed by atoms with van der Waals surface area (Å²) in [6.07, 6.45) is -16.0. The molecule has 0 aliphatic carbocycles. The number of rotatable bonds is 2. The van der Waals surface area contributed by atoms with Gasteiger partial charge in [-0.05, 0) is 24.3 Å². The van der Waals surface area contributed by atoms with Crippen LogP contribution < -0.4 is 5.32 Å². The van der Waals surface area contributed by atoms with Gasteiger partial charge < -0.3 is 5.32 Å². The van der Waals surface area contributed by atoms with E-state index in [1.54, 1.807) is 0 Å². The van der Waals surface area contributed by atoms with Crippen LogP contribution in [-0.2, 0) is 6.18 Å². The number of anilines is 1. The van der Waals surface area contributed by atoms with E-state index in [4.69, 9.17) is 0 Å². The third-order valence-electron chi connectivity index (χ3n) is 2.18. The highest BCUT2D eigenvalue weighted by atomic mass is 19.4. The van der Waals surface area contributed by atoms with Crippen LogP contribution in [0.15, 0.2) is 24.3 Å². The topological polar surface area (TPSA) is 12.0 Å². The highest BCUT2D eigenvalue weighted by Crippen LogP contribution is 2.36. The largest absolute Gasteiger partial charge is 0.417 e. The second kappa shape index (κ2) is 5.06. The Labute approximate surface area is 106 Å². The summed E-state index contributed by atoms with van der Waals surface area (Å²) in [5, 5.41) is 1.12. The van der Waals surface area contributed by atoms with Gasteiger partial charge in [-0.3, -0.25) is 0 Å². The smallest absolute Gasteiger partial charge is 0.367 e. The van der Waals surface area contributed by atoms with Gasteiger partial charge in [0.1, 0.15) is 0 Å². The number of alkyl halides is 9. The molecule has 0 aliphatic rings. The first kappa shape index (κ1) is 16.4. The van der Waals surface area contributed by atoms with Crippen LogP contribution in [0.3, 0.4) is 0 Å². The minimum Gasteiger partial charge on any atom is -0.367 e. The first-order chi connectivity index (χ1) is 8.82. The Hall–Kier alpha value is -1.61. The lowest BCUT2D eigenvalue weighted by Crippen LogP contribution is -2.47. The molecule has 20 heavy (non-hydrogen) atoms. The van der Waals surface area contributed by atoms with Gasteiger partial charge in [-0.15, -0.1) is 0 Å². The van der Waals surface area contributed by atoms with Crippen LogP contribution in [0.2, 0.25) is 0 Å². The molecule has 0 aromatic heterocycles. The first-order valence-corrected chi connectivity index (χ1v) is 4.89. The first-order valence-electron chi connectivity index (χ1n) is 4.89. The van der Waals surface area contributed by atoms with Crippen molar-refractivity contribution in [3.63, 3.8) is 0 Å². The maximum atomic E-state index is 12.2. The lowest BCUT2D eigenvalue weighted by Gasteiger charge is -2.24. The van der Waals surface area contributed by atoms with Gasteiger partial charge in [0.15, 0.2) is 0 Å². The van der Waals surface area contributed by atoms with Crippen molar-refractivity contribution in [3.8, 4) is 0 Å². The molecule has 1 aromatic rings. The van der Waals surface area contributed by atoms with Crippen molar-refractivity contribution in [1.29, 1.82) is 0 Å². The van der Waals surface area contributed by atoms with Crippen molar-refractivity contribution in [2.75, 3.05) is 5.32 Å². The van der Waals surface area contributed by atoms with E-state index in [0.29, 0.717) is 24.3 Å². The maximum Gasteiger partial charge on any atom is 0.417 e. The molecule has 0 heterocycles. The van der Waals surface area contributed by atoms with E-state index < -0.39 is 35.8 Å². The normalized spacial score (nSPS) is 13.7. The molecule has 0 saturated carbocycles. The molecular weight excluding hydrogens is 305 g/mol. The molecule has 0 saturated heterocycles. The van der Waals surface area contributed by atoms with Crippen molar-refractivity contribution in [2.24, 2.45) is 0 Å². The van der Waals surface area contributed by atoms with Crippen molar-refractivity contribution < 1.29 is 39.5 Å². The van der Waals surface area contributed by atoms with Crippen molar-refractivity contribution in [2.45, 2.75) is 24.6 Å². The van der Waals surface area contributed by atoms with Gasteiger partial charge in [-0.2, -0.15) is 39.5 Å². The van der Waals surface area contributed by atoms with Crippen LogP contribution in [0, 0.1) is 0 Å². The molecule has 0 aliphatic heterocycles. The SMILES string of the molecule is FC(F)(F)c1ccc(NC(C(F)(F)F)C(F)(F)F)cc1. The molecule has 114 valence electrons. The van der Waals surface area contributed by atoms with Gasteiger partial charge in [0.2, 0.25) is 6.04 Å². The zero-order valence-corrected chi connectivity index (χ0v) is 9.29. The Balaban J connectivity index is 2.97. The Morgan fingerprint density at radius 1 is 0.700 bits per heavy atom. The fraction of sp³-hybridized carbons (Fsp3) is 0.400. The van der Waals surface area contributed by atoms with Crippen LogP contribution in [-0.4, -0.2) is 18.4 Å². The molecule has 10 heteroatoms. The summed E-state index contributed by atoms with van der Waals surface area (Å²) in [5.74, 6) is 0. The molecule has 0 fully saturated rings. The van der Waals surface area contributed by atoms with Gasteiger partial charge in [0, 0.05) is 5.69 Å². The quantitative estimate of drug-likeness (QED) is 0.787. The van der Waals surface area contributed by atoms with Crippen molar-refractivity contribution >= 4 is 5.69 Å². The summed E-state index contributed by atoms with van der Waals surface area (Å²) in [5.41, 5.74) is -1.91. The number of halogens is 9. The van der Waals surface area contributed by atoms with Gasteiger partial charge in [-0.25, -0.2) is 0 Å². The summed E-state index contributed by atoms with van der Waals surface area (Å²) in [6.45, 7) is 0. The molecular formula is C10H6F9N. The Morgan fingerprint density at radius 3 is 1.40 bits per heavy atom. The van der Waals surface area contributed by atoms with Crippen LogP contribution in [0.1, 0.15) is 5.56 Å². The molecule has 1 nitrogen and oxygen atoms in total. The van der Waals surface area contributed by atoms with E-state index in [9.17, 15) is 39.5 Å². The fourth-order valence-corrected chi connectivity index (χ4v) is 1.27. The predicted molar refractivity (Wildman–Crippen MR) is 51.0 cm³/mol. The summed E-state index contributed by atoms with van der Waals surface area (Å²) in [4.78, 5) is 0. The van der Waals surface area contributed by atoms with E-state index in [2.05, 4.69) is 0 Å². The van der Waals surface area contributed by atoms with E-state index in [-0.39, 0.29) is 0 Å². The van der Waals surface area contributed by atoms with Crippen LogP contribution >= 0.6 is 0 Å². The summed E-state index contributed by atoms with van der Waals surface area (Å²) >= 11 is 0. The summed E-state index contributed by atoms with van der Waals surface area (Å²) < 4.78 is 110. The highest BCUT2D eigenvalue weighted by molar-refractivity contribution is 5.46. The molecule has 0 unspecified atom stereocenters. The average molecular weight is 311 g/mol. The van der Waals surface area contributed by atoms with Gasteiger partial charge in [-0.1, -0.05) is 0 Å². The highest BCUT2D eigenvalue weighted by Gasteiger charge is 2.56. The second-order valence-electron chi connectivity index (χ2n) is 3.74. The average Bonchev–Trinajstić information content (AvgIpc) is 2.22. The molecule has 0 bridgehead atoms. The van der Waals surface area contributed by atoms with E-state index in [0.717, 1.165) is 5.32 Å². The van der Waals surface area contributed by atoms with Crippen molar-refractivity contribution in [3.05, 3.63) is 29.8 Å². The number of hydrogen-bond donors (Lipinski definition) is 1. The van der Waals surface area contributed by atoms with Gasteiger partial charge >= 0.3 is 18.5 Å². The molecule has 0 atom stereocenters. The molecule has 0 radical (unpaired) electrons.